The molecule has 0 bridgehead atoms. The van der Waals surface area contributed by atoms with Crippen molar-refractivity contribution < 1.29 is 34.5 Å². The molecule has 0 saturated heterocycles. The summed E-state index contributed by atoms with van der Waals surface area (Å²) in [6.07, 6.45) is 0.414. The molecule has 0 spiro atoms. The van der Waals surface area contributed by atoms with Crippen molar-refractivity contribution in [3.63, 3.8) is 0 Å². The van der Waals surface area contributed by atoms with Crippen molar-refractivity contribution in [2.24, 2.45) is 23.5 Å². The van der Waals surface area contributed by atoms with E-state index in [9.17, 15) is 34.5 Å². The topological polar surface area (TPSA) is 155 Å². The number of aliphatic hydroxyl groups is 2. The number of aromatic hydroxyl groups is 1. The van der Waals surface area contributed by atoms with E-state index < -0.39 is 61.1 Å². The third-order valence-corrected chi connectivity index (χ3v) is 8.82. The van der Waals surface area contributed by atoms with E-state index in [1.54, 1.807) is 0 Å². The highest BCUT2D eigenvalue weighted by atomic mass is 28.3. The molecule has 1 amide bonds. The van der Waals surface area contributed by atoms with Gasteiger partial charge >= 0.3 is 0 Å². The number of phenols is 1. The van der Waals surface area contributed by atoms with E-state index in [0.717, 1.165) is 23.6 Å². The number of aliphatic hydroxyl groups excluding tert-OH is 1. The summed E-state index contributed by atoms with van der Waals surface area (Å²) in [4.78, 5) is 51.0. The van der Waals surface area contributed by atoms with Crippen molar-refractivity contribution in [1.82, 2.24) is 0 Å². The van der Waals surface area contributed by atoms with E-state index >= 15 is 0 Å². The minimum absolute atomic E-state index is 0.0282. The number of primary amides is 1. The fraction of sp³-hybridized carbons (Fsp3) is 0.583. The molecular formula is C24H33NO7Si. The number of hydrogen-bond acceptors (Lipinski definition) is 7. The van der Waals surface area contributed by atoms with Crippen molar-refractivity contribution in [2.75, 3.05) is 6.61 Å². The molecule has 33 heavy (non-hydrogen) atoms. The molecule has 1 fully saturated rings. The maximum atomic E-state index is 13.5. The van der Waals surface area contributed by atoms with Gasteiger partial charge in [0, 0.05) is 20.6 Å². The summed E-state index contributed by atoms with van der Waals surface area (Å²) in [5.74, 6) is -6.53. The van der Waals surface area contributed by atoms with E-state index in [1.807, 2.05) is 6.07 Å². The van der Waals surface area contributed by atoms with Gasteiger partial charge in [-0.3, -0.25) is 19.2 Å². The molecule has 0 radical (unpaired) electrons. The molecule has 2 aliphatic carbocycles. The summed E-state index contributed by atoms with van der Waals surface area (Å²) in [6, 6.07) is 4.29. The zero-order valence-electron chi connectivity index (χ0n) is 19.4. The van der Waals surface area contributed by atoms with Crippen LogP contribution in [0.25, 0.3) is 0 Å². The fourth-order valence-corrected chi connectivity index (χ4v) is 6.37. The maximum Gasteiger partial charge on any atom is 0.225 e. The molecule has 1 unspecified atom stereocenters. The van der Waals surface area contributed by atoms with Gasteiger partial charge in [0.25, 0.3) is 0 Å². The van der Waals surface area contributed by atoms with Crippen LogP contribution < -0.4 is 5.73 Å². The van der Waals surface area contributed by atoms with Gasteiger partial charge in [-0.05, 0) is 48.8 Å². The number of aryl methyl sites for hydroxylation is 1. The predicted octanol–water partition coefficient (Wildman–Crippen LogP) is 1.39. The van der Waals surface area contributed by atoms with Crippen molar-refractivity contribution >= 4 is 31.3 Å². The first-order chi connectivity index (χ1) is 15.3. The number of fused-ring (bicyclic) bond motifs is 2. The van der Waals surface area contributed by atoms with Crippen molar-refractivity contribution in [2.45, 2.75) is 63.4 Å². The predicted molar refractivity (Wildman–Crippen MR) is 124 cm³/mol. The minimum atomic E-state index is -2.57. The average molecular weight is 476 g/mol. The van der Waals surface area contributed by atoms with Gasteiger partial charge in [-0.1, -0.05) is 31.8 Å². The molecule has 9 heteroatoms. The van der Waals surface area contributed by atoms with Crippen LogP contribution >= 0.6 is 0 Å². The van der Waals surface area contributed by atoms with E-state index in [-0.39, 0.29) is 30.8 Å². The van der Waals surface area contributed by atoms with Gasteiger partial charge in [-0.15, -0.1) is 0 Å². The van der Waals surface area contributed by atoms with E-state index in [2.05, 4.69) is 19.6 Å². The van der Waals surface area contributed by atoms with Crippen LogP contribution in [0.3, 0.4) is 0 Å². The van der Waals surface area contributed by atoms with Gasteiger partial charge in [-0.25, -0.2) is 0 Å². The number of hydrogen-bond donors (Lipinski definition) is 4. The monoisotopic (exact) mass is 475 g/mol. The van der Waals surface area contributed by atoms with Crippen LogP contribution in [0.4, 0.5) is 0 Å². The van der Waals surface area contributed by atoms with Crippen molar-refractivity contribution in [3.05, 3.63) is 28.8 Å². The Morgan fingerprint density at radius 2 is 1.88 bits per heavy atom. The lowest BCUT2D eigenvalue weighted by molar-refractivity contribution is -0.167. The largest absolute Gasteiger partial charge is 0.507 e. The number of amides is 1. The van der Waals surface area contributed by atoms with Gasteiger partial charge in [0.05, 0.1) is 17.9 Å². The summed E-state index contributed by atoms with van der Waals surface area (Å²) >= 11 is 0. The Labute approximate surface area is 194 Å². The van der Waals surface area contributed by atoms with E-state index in [1.165, 1.54) is 6.07 Å². The number of carbonyl (C=O) groups is 4. The number of ketones is 3. The van der Waals surface area contributed by atoms with Crippen LogP contribution in [0.1, 0.15) is 40.7 Å². The number of phenolic OH excluding ortho intramolecular Hbond substituents is 1. The molecule has 1 aromatic carbocycles. The van der Waals surface area contributed by atoms with Gasteiger partial charge in [0.15, 0.2) is 23.0 Å². The Balaban J connectivity index is 2.05. The Morgan fingerprint density at radius 3 is 2.45 bits per heavy atom. The summed E-state index contributed by atoms with van der Waals surface area (Å²) in [6.45, 7) is 6.40. The third-order valence-electron chi connectivity index (χ3n) is 7.07. The molecule has 3 rings (SSSR count). The highest BCUT2D eigenvalue weighted by molar-refractivity contribution is 6.76. The molecule has 0 aliphatic heterocycles. The van der Waals surface area contributed by atoms with Gasteiger partial charge in [-0.2, -0.15) is 0 Å². The molecular weight excluding hydrogens is 442 g/mol. The van der Waals surface area contributed by atoms with Gasteiger partial charge in [0.2, 0.25) is 5.91 Å². The van der Waals surface area contributed by atoms with E-state index in [4.69, 9.17) is 5.73 Å². The van der Waals surface area contributed by atoms with Crippen molar-refractivity contribution in [3.8, 4) is 5.75 Å². The lowest BCUT2D eigenvalue weighted by atomic mass is 9.57. The first-order valence-corrected chi connectivity index (χ1v) is 15.1. The standard InChI is InChI=1S/C24H33NO7Si/c1-33(2,3)9-7-13-4-5-17(27)21-16(13)11-14-10-15(6-8-26)24(32,18(28)12-19(25)29)23(31)20(14)22(21)30/h4-5,14-15,20,26-27,32H,6-12H2,1-3H3,(H2,25,29)/t14-,15-,20?,24-/m1/s1. The average Bonchev–Trinajstić information content (AvgIpc) is 2.70. The van der Waals surface area contributed by atoms with E-state index in [0.29, 0.717) is 6.42 Å². The molecule has 1 aromatic rings. The molecule has 180 valence electrons. The number of nitrogens with two attached hydrogens (primary N) is 1. The van der Waals surface area contributed by atoms with Crippen LogP contribution in [-0.4, -0.2) is 58.9 Å². The number of benzene rings is 1. The highest BCUT2D eigenvalue weighted by Gasteiger charge is 2.60. The Hall–Kier alpha value is -2.36. The highest BCUT2D eigenvalue weighted by Crippen LogP contribution is 2.48. The first-order valence-electron chi connectivity index (χ1n) is 11.4. The molecule has 0 aromatic heterocycles. The summed E-state index contributed by atoms with van der Waals surface area (Å²) in [7, 11) is -1.37. The Bertz CT molecular complexity index is 999. The normalized spacial score (nSPS) is 27.1. The zero-order chi connectivity index (χ0) is 24.7. The lowest BCUT2D eigenvalue weighted by Gasteiger charge is -2.46. The second-order valence-corrected chi connectivity index (χ2v) is 16.2. The van der Waals surface area contributed by atoms with Crippen LogP contribution in [-0.2, 0) is 27.2 Å². The summed E-state index contributed by atoms with van der Waals surface area (Å²) < 4.78 is 0. The smallest absolute Gasteiger partial charge is 0.225 e. The van der Waals surface area contributed by atoms with Crippen LogP contribution in [0.15, 0.2) is 12.1 Å². The van der Waals surface area contributed by atoms with Crippen LogP contribution in [0.2, 0.25) is 25.7 Å². The molecule has 5 N–H and O–H groups in total. The molecule has 8 nitrogen and oxygen atoms in total. The zero-order valence-corrected chi connectivity index (χ0v) is 20.4. The first kappa shape index (κ1) is 25.3. The second kappa shape index (κ2) is 9.12. The molecule has 1 saturated carbocycles. The number of carbonyl (C=O) groups excluding carboxylic acids is 4. The summed E-state index contributed by atoms with van der Waals surface area (Å²) in [5.41, 5.74) is 4.32. The van der Waals surface area contributed by atoms with Crippen LogP contribution in [0.5, 0.6) is 5.75 Å². The Morgan fingerprint density at radius 1 is 1.21 bits per heavy atom. The molecule has 4 atom stereocenters. The lowest BCUT2D eigenvalue weighted by Crippen LogP contribution is -2.63. The minimum Gasteiger partial charge on any atom is -0.507 e. The summed E-state index contributed by atoms with van der Waals surface area (Å²) in [5, 5.41) is 31.2. The third kappa shape index (κ3) is 4.67. The molecule has 2 aliphatic rings. The maximum absolute atomic E-state index is 13.5. The molecule has 0 heterocycles. The van der Waals surface area contributed by atoms with Gasteiger partial charge in [0.1, 0.15) is 5.75 Å². The van der Waals surface area contributed by atoms with Gasteiger partial charge < -0.3 is 21.1 Å². The Kier molecular flexibility index (Phi) is 6.98. The fourth-order valence-electron chi connectivity index (χ4n) is 5.35. The van der Waals surface area contributed by atoms with Crippen LogP contribution in [0, 0.1) is 17.8 Å². The van der Waals surface area contributed by atoms with Crippen molar-refractivity contribution in [1.29, 1.82) is 0 Å². The number of rotatable bonds is 8. The number of Topliss-reactive ketones (excluding diaryl/α,β-unsaturated/α-hetero) is 3. The SMILES string of the molecule is C[Si](C)(C)CCc1ccc(O)c2c1C[C@H]1C[C@@H](CCO)[C@@](O)(C(=O)CC(N)=O)C(=O)C1C2=O. The second-order valence-electron chi connectivity index (χ2n) is 10.6. The quantitative estimate of drug-likeness (QED) is 0.327.